The second kappa shape index (κ2) is 10.9. The van der Waals surface area contributed by atoms with E-state index in [0.717, 1.165) is 50.8 Å². The van der Waals surface area contributed by atoms with Crippen molar-refractivity contribution in [2.45, 2.75) is 46.6 Å². The Bertz CT molecular complexity index is 719. The standard InChI is InChI=1S/C21H33N5S2/c1-4-22-21(23-10-9-20-25-16(2)17(3)28-20)24-13-18-7-5-11-26(14-18)15-19-8-6-12-27-19/h6,8,12,18H,4-5,7,9-11,13-15H2,1-3H3,(H2,22,23,24). The third-order valence-corrected chi connectivity index (χ3v) is 7.11. The van der Waals surface area contributed by atoms with Crippen LogP contribution in [-0.4, -0.2) is 48.6 Å². The van der Waals surface area contributed by atoms with Gasteiger partial charge in [0.25, 0.3) is 0 Å². The van der Waals surface area contributed by atoms with Gasteiger partial charge in [-0.3, -0.25) is 9.89 Å². The smallest absolute Gasteiger partial charge is 0.191 e. The van der Waals surface area contributed by atoms with Crippen LogP contribution in [0, 0.1) is 19.8 Å². The average Bonchev–Trinajstić information content (AvgIpc) is 3.30. The van der Waals surface area contributed by atoms with Crippen LogP contribution in [0.25, 0.3) is 0 Å². The lowest BCUT2D eigenvalue weighted by Gasteiger charge is -2.31. The van der Waals surface area contributed by atoms with Crippen LogP contribution < -0.4 is 10.6 Å². The van der Waals surface area contributed by atoms with Gasteiger partial charge in [0.2, 0.25) is 0 Å². The summed E-state index contributed by atoms with van der Waals surface area (Å²) in [7, 11) is 0. The van der Waals surface area contributed by atoms with Crippen molar-refractivity contribution in [3.63, 3.8) is 0 Å². The van der Waals surface area contributed by atoms with Gasteiger partial charge in [-0.1, -0.05) is 6.07 Å². The second-order valence-electron chi connectivity index (χ2n) is 7.47. The van der Waals surface area contributed by atoms with E-state index in [2.05, 4.69) is 58.8 Å². The summed E-state index contributed by atoms with van der Waals surface area (Å²) in [6, 6.07) is 4.39. The van der Waals surface area contributed by atoms with Crippen LogP contribution in [0.1, 0.15) is 40.2 Å². The zero-order valence-electron chi connectivity index (χ0n) is 17.3. The highest BCUT2D eigenvalue weighted by Gasteiger charge is 2.20. The fraction of sp³-hybridized carbons (Fsp3) is 0.619. The van der Waals surface area contributed by atoms with E-state index >= 15 is 0 Å². The van der Waals surface area contributed by atoms with Crippen molar-refractivity contribution in [2.75, 3.05) is 32.7 Å². The van der Waals surface area contributed by atoms with Gasteiger partial charge in [0.15, 0.2) is 5.96 Å². The SMILES string of the molecule is CCNC(=NCC1CCCN(Cc2cccs2)C1)NCCc1nc(C)c(C)s1. The molecule has 0 aromatic carbocycles. The number of rotatable bonds is 8. The van der Waals surface area contributed by atoms with E-state index in [1.165, 1.54) is 34.1 Å². The number of thiazole rings is 1. The Morgan fingerprint density at radius 3 is 2.96 bits per heavy atom. The molecule has 1 atom stereocenters. The van der Waals surface area contributed by atoms with E-state index in [1.807, 2.05) is 11.3 Å². The fourth-order valence-corrected chi connectivity index (χ4v) is 5.24. The number of hydrogen-bond acceptors (Lipinski definition) is 5. The molecular formula is C21H33N5S2. The normalized spacial score (nSPS) is 18.4. The monoisotopic (exact) mass is 419 g/mol. The maximum atomic E-state index is 4.88. The molecule has 0 amide bonds. The summed E-state index contributed by atoms with van der Waals surface area (Å²) in [4.78, 5) is 14.9. The van der Waals surface area contributed by atoms with Gasteiger partial charge in [0, 0.05) is 48.9 Å². The molecule has 1 aliphatic rings. The van der Waals surface area contributed by atoms with E-state index in [0.29, 0.717) is 5.92 Å². The molecule has 28 heavy (non-hydrogen) atoms. The molecule has 1 unspecified atom stereocenters. The predicted molar refractivity (Wildman–Crippen MR) is 122 cm³/mol. The maximum absolute atomic E-state index is 4.88. The number of nitrogens with one attached hydrogen (secondary N) is 2. The van der Waals surface area contributed by atoms with E-state index in [4.69, 9.17) is 4.99 Å². The van der Waals surface area contributed by atoms with Crippen LogP contribution in [0.3, 0.4) is 0 Å². The molecule has 1 saturated heterocycles. The Balaban J connectivity index is 1.46. The molecule has 3 rings (SSSR count). The maximum Gasteiger partial charge on any atom is 0.191 e. The summed E-state index contributed by atoms with van der Waals surface area (Å²) in [6.07, 6.45) is 3.50. The van der Waals surface area contributed by atoms with E-state index in [9.17, 15) is 0 Å². The molecule has 154 valence electrons. The van der Waals surface area contributed by atoms with Gasteiger partial charge >= 0.3 is 0 Å². The highest BCUT2D eigenvalue weighted by molar-refractivity contribution is 7.11. The van der Waals surface area contributed by atoms with Crippen LogP contribution in [0.4, 0.5) is 0 Å². The second-order valence-corrected chi connectivity index (χ2v) is 9.79. The van der Waals surface area contributed by atoms with Gasteiger partial charge in [-0.2, -0.15) is 0 Å². The molecule has 2 aromatic rings. The molecule has 0 bridgehead atoms. The highest BCUT2D eigenvalue weighted by Crippen LogP contribution is 2.20. The summed E-state index contributed by atoms with van der Waals surface area (Å²) in [6.45, 7) is 12.4. The molecule has 5 nitrogen and oxygen atoms in total. The van der Waals surface area contributed by atoms with E-state index in [-0.39, 0.29) is 0 Å². The Morgan fingerprint density at radius 2 is 2.25 bits per heavy atom. The molecule has 1 fully saturated rings. The average molecular weight is 420 g/mol. The summed E-state index contributed by atoms with van der Waals surface area (Å²) in [5.41, 5.74) is 1.16. The van der Waals surface area contributed by atoms with Gasteiger partial charge in [0.1, 0.15) is 0 Å². The first-order valence-corrected chi connectivity index (χ1v) is 12.0. The lowest BCUT2D eigenvalue weighted by atomic mass is 9.98. The summed E-state index contributed by atoms with van der Waals surface area (Å²) in [5.74, 6) is 1.58. The van der Waals surface area contributed by atoms with Crippen LogP contribution >= 0.6 is 22.7 Å². The minimum absolute atomic E-state index is 0.647. The van der Waals surface area contributed by atoms with Gasteiger partial charge in [-0.05, 0) is 57.5 Å². The summed E-state index contributed by atoms with van der Waals surface area (Å²) < 4.78 is 0. The fourth-order valence-electron chi connectivity index (χ4n) is 3.56. The topological polar surface area (TPSA) is 52.6 Å². The number of guanidine groups is 1. The Kier molecular flexibility index (Phi) is 8.30. The Morgan fingerprint density at radius 1 is 1.36 bits per heavy atom. The third kappa shape index (κ3) is 6.57. The quantitative estimate of drug-likeness (QED) is 0.504. The Labute approximate surface area is 177 Å². The summed E-state index contributed by atoms with van der Waals surface area (Å²) in [5, 5.41) is 10.2. The molecule has 1 aliphatic heterocycles. The zero-order valence-corrected chi connectivity index (χ0v) is 19.0. The largest absolute Gasteiger partial charge is 0.357 e. The number of aryl methyl sites for hydroxylation is 2. The highest BCUT2D eigenvalue weighted by atomic mass is 32.1. The van der Waals surface area contributed by atoms with Crippen LogP contribution in [0.15, 0.2) is 22.5 Å². The number of hydrogen-bond donors (Lipinski definition) is 2. The first kappa shape index (κ1) is 21.3. The minimum Gasteiger partial charge on any atom is -0.357 e. The Hall–Kier alpha value is -1.44. The third-order valence-electron chi connectivity index (χ3n) is 5.12. The predicted octanol–water partition coefficient (Wildman–Crippen LogP) is 3.83. The molecule has 0 aliphatic carbocycles. The van der Waals surface area contributed by atoms with Crippen molar-refractivity contribution in [3.05, 3.63) is 38.0 Å². The van der Waals surface area contributed by atoms with Crippen molar-refractivity contribution < 1.29 is 0 Å². The van der Waals surface area contributed by atoms with Crippen LogP contribution in [0.5, 0.6) is 0 Å². The lowest BCUT2D eigenvalue weighted by Crippen LogP contribution is -2.40. The number of nitrogens with zero attached hydrogens (tertiary/aromatic N) is 3. The van der Waals surface area contributed by atoms with E-state index in [1.54, 1.807) is 11.3 Å². The zero-order chi connectivity index (χ0) is 19.8. The van der Waals surface area contributed by atoms with Crippen molar-refractivity contribution in [3.8, 4) is 0 Å². The summed E-state index contributed by atoms with van der Waals surface area (Å²) >= 11 is 3.66. The number of thiophene rings is 1. The first-order valence-electron chi connectivity index (χ1n) is 10.3. The van der Waals surface area contributed by atoms with Crippen molar-refractivity contribution >= 4 is 28.6 Å². The molecular weight excluding hydrogens is 386 g/mol. The van der Waals surface area contributed by atoms with Gasteiger partial charge in [-0.15, -0.1) is 22.7 Å². The molecule has 2 N–H and O–H groups in total. The van der Waals surface area contributed by atoms with Crippen molar-refractivity contribution in [2.24, 2.45) is 10.9 Å². The van der Waals surface area contributed by atoms with E-state index < -0.39 is 0 Å². The van der Waals surface area contributed by atoms with Crippen molar-refractivity contribution in [1.82, 2.24) is 20.5 Å². The number of aliphatic imine (C=N–C) groups is 1. The molecule has 3 heterocycles. The number of piperidine rings is 1. The molecule has 0 saturated carbocycles. The molecule has 0 spiro atoms. The number of likely N-dealkylation sites (tertiary alicyclic amines) is 1. The lowest BCUT2D eigenvalue weighted by molar-refractivity contribution is 0.172. The number of aromatic nitrogens is 1. The van der Waals surface area contributed by atoms with Crippen LogP contribution in [0.2, 0.25) is 0 Å². The molecule has 2 aromatic heterocycles. The van der Waals surface area contributed by atoms with Crippen LogP contribution in [-0.2, 0) is 13.0 Å². The van der Waals surface area contributed by atoms with Crippen molar-refractivity contribution in [1.29, 1.82) is 0 Å². The van der Waals surface area contributed by atoms with Gasteiger partial charge in [-0.25, -0.2) is 4.98 Å². The van der Waals surface area contributed by atoms with Gasteiger partial charge < -0.3 is 10.6 Å². The van der Waals surface area contributed by atoms with Gasteiger partial charge in [0.05, 0.1) is 10.7 Å². The molecule has 0 radical (unpaired) electrons. The minimum atomic E-state index is 0.647. The molecule has 7 heteroatoms. The first-order chi connectivity index (χ1) is 13.6.